The molecule has 0 unspecified atom stereocenters. The second kappa shape index (κ2) is 8.86. The van der Waals surface area contributed by atoms with Gasteiger partial charge in [-0.25, -0.2) is 0 Å². The smallest absolute Gasteiger partial charge is 0.0110 e. The SMILES string of the molecule is CN(CCCCCN)CCN1CCN(C)CC1. The van der Waals surface area contributed by atoms with Crippen molar-refractivity contribution in [3.8, 4) is 0 Å². The van der Waals surface area contributed by atoms with Crippen molar-refractivity contribution in [1.82, 2.24) is 14.7 Å². The third-order valence-electron chi connectivity index (χ3n) is 3.64. The van der Waals surface area contributed by atoms with Gasteiger partial charge in [-0.1, -0.05) is 6.42 Å². The fourth-order valence-corrected chi connectivity index (χ4v) is 2.20. The van der Waals surface area contributed by atoms with Crippen LogP contribution in [0.25, 0.3) is 0 Å². The molecule has 1 aliphatic rings. The normalized spacial score (nSPS) is 19.1. The van der Waals surface area contributed by atoms with E-state index in [4.69, 9.17) is 5.73 Å². The lowest BCUT2D eigenvalue weighted by Crippen LogP contribution is -2.46. The van der Waals surface area contributed by atoms with Crippen molar-refractivity contribution in [3.63, 3.8) is 0 Å². The summed E-state index contributed by atoms with van der Waals surface area (Å²) in [5.41, 5.74) is 5.49. The van der Waals surface area contributed by atoms with E-state index < -0.39 is 0 Å². The van der Waals surface area contributed by atoms with Crippen LogP contribution in [-0.2, 0) is 0 Å². The average Bonchev–Trinajstić information content (AvgIpc) is 2.34. The molecule has 17 heavy (non-hydrogen) atoms. The molecule has 0 aliphatic carbocycles. The Labute approximate surface area is 107 Å². The number of hydrogen-bond acceptors (Lipinski definition) is 4. The fourth-order valence-electron chi connectivity index (χ4n) is 2.20. The number of piperazine rings is 1. The van der Waals surface area contributed by atoms with Crippen LogP contribution in [-0.4, -0.2) is 81.2 Å². The van der Waals surface area contributed by atoms with Crippen LogP contribution < -0.4 is 5.73 Å². The van der Waals surface area contributed by atoms with Gasteiger partial charge in [0.1, 0.15) is 0 Å². The minimum absolute atomic E-state index is 0.838. The van der Waals surface area contributed by atoms with E-state index in [1.54, 1.807) is 0 Å². The molecule has 0 aromatic carbocycles. The van der Waals surface area contributed by atoms with E-state index in [0.29, 0.717) is 0 Å². The number of hydrogen-bond donors (Lipinski definition) is 1. The maximum absolute atomic E-state index is 5.49. The molecule has 0 radical (unpaired) electrons. The van der Waals surface area contributed by atoms with Crippen LogP contribution in [0, 0.1) is 0 Å². The van der Waals surface area contributed by atoms with Crippen molar-refractivity contribution in [1.29, 1.82) is 0 Å². The largest absolute Gasteiger partial charge is 0.330 e. The van der Waals surface area contributed by atoms with Crippen LogP contribution in [0.3, 0.4) is 0 Å². The first-order chi connectivity index (χ1) is 8.22. The maximum Gasteiger partial charge on any atom is 0.0110 e. The quantitative estimate of drug-likeness (QED) is 0.621. The van der Waals surface area contributed by atoms with Crippen molar-refractivity contribution >= 4 is 0 Å². The first-order valence-corrected chi connectivity index (χ1v) is 7.02. The van der Waals surface area contributed by atoms with E-state index in [-0.39, 0.29) is 0 Å². The van der Waals surface area contributed by atoms with Gasteiger partial charge in [-0.05, 0) is 40.0 Å². The van der Waals surface area contributed by atoms with Gasteiger partial charge in [-0.15, -0.1) is 0 Å². The van der Waals surface area contributed by atoms with E-state index in [9.17, 15) is 0 Å². The number of rotatable bonds is 8. The lowest BCUT2D eigenvalue weighted by atomic mass is 10.2. The zero-order valence-corrected chi connectivity index (χ0v) is 11.7. The van der Waals surface area contributed by atoms with Crippen molar-refractivity contribution < 1.29 is 0 Å². The third kappa shape index (κ3) is 6.99. The molecule has 0 spiro atoms. The topological polar surface area (TPSA) is 35.7 Å². The molecular weight excluding hydrogens is 212 g/mol. The van der Waals surface area contributed by atoms with E-state index >= 15 is 0 Å². The molecule has 1 rings (SSSR count). The van der Waals surface area contributed by atoms with Gasteiger partial charge in [0.15, 0.2) is 0 Å². The molecular formula is C13H30N4. The Balaban J connectivity index is 1.97. The molecule has 4 nitrogen and oxygen atoms in total. The predicted molar refractivity (Wildman–Crippen MR) is 74.3 cm³/mol. The molecule has 4 heteroatoms. The summed E-state index contributed by atoms with van der Waals surface area (Å²) in [5, 5.41) is 0. The number of nitrogens with zero attached hydrogens (tertiary/aromatic N) is 3. The number of unbranched alkanes of at least 4 members (excludes halogenated alkanes) is 2. The van der Waals surface area contributed by atoms with E-state index in [0.717, 1.165) is 6.54 Å². The molecule has 2 N–H and O–H groups in total. The second-order valence-electron chi connectivity index (χ2n) is 5.30. The van der Waals surface area contributed by atoms with Gasteiger partial charge in [-0.3, -0.25) is 4.90 Å². The Bertz CT molecular complexity index is 178. The maximum atomic E-state index is 5.49. The minimum Gasteiger partial charge on any atom is -0.330 e. The molecule has 0 aromatic rings. The molecule has 0 aromatic heterocycles. The summed E-state index contributed by atoms with van der Waals surface area (Å²) in [6.45, 7) is 9.39. The zero-order valence-electron chi connectivity index (χ0n) is 11.7. The third-order valence-corrected chi connectivity index (χ3v) is 3.64. The van der Waals surface area contributed by atoms with E-state index in [1.807, 2.05) is 0 Å². The first kappa shape index (κ1) is 14.9. The highest BCUT2D eigenvalue weighted by atomic mass is 15.3. The molecule has 0 bridgehead atoms. The second-order valence-corrected chi connectivity index (χ2v) is 5.30. The molecule has 102 valence electrons. The molecule has 0 atom stereocenters. The van der Waals surface area contributed by atoms with Crippen LogP contribution in [0.15, 0.2) is 0 Å². The standard InChI is InChI=1S/C13H30N4/c1-15(7-5-3-4-6-14)8-11-17-12-9-16(2)10-13-17/h3-14H2,1-2H3. The van der Waals surface area contributed by atoms with Gasteiger partial charge in [-0.2, -0.15) is 0 Å². The van der Waals surface area contributed by atoms with Crippen molar-refractivity contribution in [2.24, 2.45) is 5.73 Å². The summed E-state index contributed by atoms with van der Waals surface area (Å²) in [5.74, 6) is 0. The molecule has 1 fully saturated rings. The number of nitrogens with two attached hydrogens (primary N) is 1. The van der Waals surface area contributed by atoms with Gasteiger partial charge in [0.25, 0.3) is 0 Å². The Hall–Kier alpha value is -0.160. The van der Waals surface area contributed by atoms with E-state index in [2.05, 4.69) is 28.8 Å². The Morgan fingerprint density at radius 1 is 1.00 bits per heavy atom. The van der Waals surface area contributed by atoms with Crippen molar-refractivity contribution in [2.45, 2.75) is 19.3 Å². The highest BCUT2D eigenvalue weighted by molar-refractivity contribution is 4.70. The summed E-state index contributed by atoms with van der Waals surface area (Å²) < 4.78 is 0. The summed E-state index contributed by atoms with van der Waals surface area (Å²) in [6.07, 6.45) is 3.73. The summed E-state index contributed by atoms with van der Waals surface area (Å²) in [6, 6.07) is 0. The molecule has 0 amide bonds. The monoisotopic (exact) mass is 242 g/mol. The number of likely N-dealkylation sites (N-methyl/N-ethyl adjacent to an activating group) is 2. The van der Waals surface area contributed by atoms with Crippen molar-refractivity contribution in [3.05, 3.63) is 0 Å². The van der Waals surface area contributed by atoms with E-state index in [1.165, 1.54) is 65.1 Å². The molecule has 0 saturated carbocycles. The van der Waals surface area contributed by atoms with Crippen molar-refractivity contribution in [2.75, 3.05) is 66.5 Å². The van der Waals surface area contributed by atoms with Crippen LogP contribution >= 0.6 is 0 Å². The molecule has 1 saturated heterocycles. The zero-order chi connectivity index (χ0) is 12.5. The molecule has 1 aliphatic heterocycles. The Morgan fingerprint density at radius 2 is 1.71 bits per heavy atom. The van der Waals surface area contributed by atoms with Gasteiger partial charge in [0, 0.05) is 39.3 Å². The van der Waals surface area contributed by atoms with Crippen LogP contribution in [0.1, 0.15) is 19.3 Å². The van der Waals surface area contributed by atoms with Gasteiger partial charge in [0.05, 0.1) is 0 Å². The summed E-state index contributed by atoms with van der Waals surface area (Å²) in [4.78, 5) is 7.44. The first-order valence-electron chi connectivity index (χ1n) is 7.02. The molecule has 1 heterocycles. The highest BCUT2D eigenvalue weighted by Gasteiger charge is 2.13. The van der Waals surface area contributed by atoms with Crippen LogP contribution in [0.5, 0.6) is 0 Å². The van der Waals surface area contributed by atoms with Gasteiger partial charge in [0.2, 0.25) is 0 Å². The van der Waals surface area contributed by atoms with Gasteiger partial charge < -0.3 is 15.5 Å². The fraction of sp³-hybridized carbons (Fsp3) is 1.00. The average molecular weight is 242 g/mol. The lowest BCUT2D eigenvalue weighted by molar-refractivity contribution is 0.140. The lowest BCUT2D eigenvalue weighted by Gasteiger charge is -2.33. The highest BCUT2D eigenvalue weighted by Crippen LogP contribution is 2.00. The Kier molecular flexibility index (Phi) is 7.77. The van der Waals surface area contributed by atoms with Gasteiger partial charge >= 0.3 is 0 Å². The minimum atomic E-state index is 0.838. The summed E-state index contributed by atoms with van der Waals surface area (Å²) >= 11 is 0. The van der Waals surface area contributed by atoms with Crippen LogP contribution in [0.2, 0.25) is 0 Å². The summed E-state index contributed by atoms with van der Waals surface area (Å²) in [7, 11) is 4.44. The van der Waals surface area contributed by atoms with Crippen LogP contribution in [0.4, 0.5) is 0 Å². The Morgan fingerprint density at radius 3 is 2.35 bits per heavy atom. The predicted octanol–water partition coefficient (Wildman–Crippen LogP) is 0.295.